The van der Waals surface area contributed by atoms with Gasteiger partial charge in [-0.15, -0.1) is 0 Å². The van der Waals surface area contributed by atoms with Crippen molar-refractivity contribution in [2.24, 2.45) is 7.05 Å². The Morgan fingerprint density at radius 3 is 2.67 bits per heavy atom. The minimum Gasteiger partial charge on any atom is -0.346 e. The smallest absolute Gasteiger partial charge is 0.251 e. The summed E-state index contributed by atoms with van der Waals surface area (Å²) < 4.78 is 1.91. The Balaban J connectivity index is 1.74. The zero-order chi connectivity index (χ0) is 15.0. The van der Waals surface area contributed by atoms with Gasteiger partial charge in [-0.2, -0.15) is 5.10 Å². The zero-order valence-electron chi connectivity index (χ0n) is 12.9. The minimum absolute atomic E-state index is 0.0188. The van der Waals surface area contributed by atoms with Gasteiger partial charge in [-0.1, -0.05) is 17.2 Å². The molecule has 21 heavy (non-hydrogen) atoms. The van der Waals surface area contributed by atoms with Gasteiger partial charge in [0.25, 0.3) is 5.91 Å². The third-order valence-electron chi connectivity index (χ3n) is 4.10. The van der Waals surface area contributed by atoms with Crippen LogP contribution in [-0.2, 0) is 26.4 Å². The lowest BCUT2D eigenvalue weighted by molar-refractivity contribution is 0.0950. The van der Waals surface area contributed by atoms with Gasteiger partial charge in [0.2, 0.25) is 0 Å². The summed E-state index contributed by atoms with van der Waals surface area (Å²) in [4.78, 5) is 12.3. The molecule has 0 fully saturated rings. The van der Waals surface area contributed by atoms with Crippen molar-refractivity contribution in [2.45, 2.75) is 39.7 Å². The van der Waals surface area contributed by atoms with Gasteiger partial charge in [-0.25, -0.2) is 0 Å². The maximum Gasteiger partial charge on any atom is 0.251 e. The molecule has 1 N–H and O–H groups in total. The fraction of sp³-hybridized carbons (Fsp3) is 0.412. The summed E-state index contributed by atoms with van der Waals surface area (Å²) in [6.45, 7) is 4.57. The summed E-state index contributed by atoms with van der Waals surface area (Å²) in [5.74, 6) is -0.0188. The molecule has 1 aliphatic rings. The van der Waals surface area contributed by atoms with E-state index in [2.05, 4.69) is 16.5 Å². The summed E-state index contributed by atoms with van der Waals surface area (Å²) in [5.41, 5.74) is 6.63. The van der Waals surface area contributed by atoms with E-state index in [0.29, 0.717) is 6.54 Å². The Morgan fingerprint density at radius 2 is 1.95 bits per heavy atom. The van der Waals surface area contributed by atoms with Crippen molar-refractivity contribution in [1.82, 2.24) is 15.1 Å². The van der Waals surface area contributed by atoms with Gasteiger partial charge in [-0.3, -0.25) is 9.48 Å². The van der Waals surface area contributed by atoms with Gasteiger partial charge in [-0.05, 0) is 50.8 Å². The van der Waals surface area contributed by atoms with Crippen molar-refractivity contribution >= 4 is 5.91 Å². The van der Waals surface area contributed by atoms with Gasteiger partial charge in [0.15, 0.2) is 0 Å². The SMILES string of the molecule is Cc1cc(C)cc(C(=O)NCc2c3c(nn2C)CCC3)c1. The molecule has 4 heteroatoms. The van der Waals surface area contributed by atoms with E-state index in [4.69, 9.17) is 0 Å². The van der Waals surface area contributed by atoms with Crippen LogP contribution in [0.2, 0.25) is 0 Å². The van der Waals surface area contributed by atoms with E-state index in [9.17, 15) is 4.79 Å². The lowest BCUT2D eigenvalue weighted by atomic mass is 10.1. The van der Waals surface area contributed by atoms with Crippen LogP contribution in [0, 0.1) is 13.8 Å². The number of fused-ring (bicyclic) bond motifs is 1. The molecule has 0 saturated carbocycles. The molecule has 0 radical (unpaired) electrons. The van der Waals surface area contributed by atoms with Crippen molar-refractivity contribution in [3.8, 4) is 0 Å². The molecule has 0 unspecified atom stereocenters. The van der Waals surface area contributed by atoms with Crippen molar-refractivity contribution in [2.75, 3.05) is 0 Å². The quantitative estimate of drug-likeness (QED) is 0.940. The molecule has 1 aromatic carbocycles. The minimum atomic E-state index is -0.0188. The number of amides is 1. The molecular weight excluding hydrogens is 262 g/mol. The van der Waals surface area contributed by atoms with Crippen LogP contribution < -0.4 is 5.32 Å². The highest BCUT2D eigenvalue weighted by Gasteiger charge is 2.21. The Kier molecular flexibility index (Phi) is 3.53. The molecule has 0 bridgehead atoms. The fourth-order valence-corrected chi connectivity index (χ4v) is 3.18. The Morgan fingerprint density at radius 1 is 1.24 bits per heavy atom. The molecule has 4 nitrogen and oxygen atoms in total. The highest BCUT2D eigenvalue weighted by atomic mass is 16.1. The van der Waals surface area contributed by atoms with Gasteiger partial charge in [0, 0.05) is 12.6 Å². The van der Waals surface area contributed by atoms with Gasteiger partial charge < -0.3 is 5.32 Å². The number of nitrogens with one attached hydrogen (secondary N) is 1. The monoisotopic (exact) mass is 283 g/mol. The van der Waals surface area contributed by atoms with E-state index in [-0.39, 0.29) is 5.91 Å². The van der Waals surface area contributed by atoms with Crippen LogP contribution in [0.25, 0.3) is 0 Å². The topological polar surface area (TPSA) is 46.9 Å². The highest BCUT2D eigenvalue weighted by Crippen LogP contribution is 2.24. The van der Waals surface area contributed by atoms with Crippen LogP contribution >= 0.6 is 0 Å². The van der Waals surface area contributed by atoms with E-state index in [1.165, 1.54) is 17.7 Å². The second kappa shape index (κ2) is 5.35. The highest BCUT2D eigenvalue weighted by molar-refractivity contribution is 5.94. The Bertz CT molecular complexity index is 680. The number of carbonyl (C=O) groups is 1. The first-order valence-electron chi connectivity index (χ1n) is 7.44. The normalized spacial score (nSPS) is 13.3. The van der Waals surface area contributed by atoms with Crippen molar-refractivity contribution in [3.05, 3.63) is 51.8 Å². The molecule has 3 rings (SSSR count). The molecule has 0 aliphatic heterocycles. The average Bonchev–Trinajstić information content (AvgIpc) is 2.96. The van der Waals surface area contributed by atoms with Crippen LogP contribution in [-0.4, -0.2) is 15.7 Å². The summed E-state index contributed by atoms with van der Waals surface area (Å²) >= 11 is 0. The molecule has 1 aliphatic carbocycles. The zero-order valence-corrected chi connectivity index (χ0v) is 12.9. The molecule has 0 saturated heterocycles. The number of nitrogens with zero attached hydrogens (tertiary/aromatic N) is 2. The van der Waals surface area contributed by atoms with Gasteiger partial charge in [0.1, 0.15) is 0 Å². The van der Waals surface area contributed by atoms with Gasteiger partial charge >= 0.3 is 0 Å². The van der Waals surface area contributed by atoms with Crippen LogP contribution in [0.5, 0.6) is 0 Å². The Hall–Kier alpha value is -2.10. The summed E-state index contributed by atoms with van der Waals surface area (Å²) in [5, 5.41) is 7.56. The standard InChI is InChI=1S/C17H21N3O/c1-11-7-12(2)9-13(8-11)17(21)18-10-16-14-5-4-6-15(14)19-20(16)3/h7-9H,4-6,10H2,1-3H3,(H,18,21). The molecule has 2 aromatic rings. The van der Waals surface area contributed by atoms with Crippen LogP contribution in [0.1, 0.15) is 44.9 Å². The molecule has 110 valence electrons. The first-order valence-corrected chi connectivity index (χ1v) is 7.44. The number of hydrogen-bond donors (Lipinski definition) is 1. The average molecular weight is 283 g/mol. The van der Waals surface area contributed by atoms with Crippen LogP contribution in [0.15, 0.2) is 18.2 Å². The second-order valence-electron chi connectivity index (χ2n) is 5.91. The molecule has 0 spiro atoms. The molecule has 1 amide bonds. The number of aryl methyl sites for hydroxylation is 4. The molecule has 0 atom stereocenters. The van der Waals surface area contributed by atoms with Crippen molar-refractivity contribution in [1.29, 1.82) is 0 Å². The number of aromatic nitrogens is 2. The maximum absolute atomic E-state index is 12.3. The fourth-order valence-electron chi connectivity index (χ4n) is 3.18. The molecule has 1 aromatic heterocycles. The molecule has 1 heterocycles. The number of rotatable bonds is 3. The van der Waals surface area contributed by atoms with E-state index >= 15 is 0 Å². The summed E-state index contributed by atoms with van der Waals surface area (Å²) in [7, 11) is 1.95. The lowest BCUT2D eigenvalue weighted by Gasteiger charge is -2.09. The van der Waals surface area contributed by atoms with Gasteiger partial charge in [0.05, 0.1) is 17.9 Å². The van der Waals surface area contributed by atoms with Crippen molar-refractivity contribution in [3.63, 3.8) is 0 Å². The third-order valence-corrected chi connectivity index (χ3v) is 4.10. The Labute approximate surface area is 125 Å². The van der Waals surface area contributed by atoms with Crippen molar-refractivity contribution < 1.29 is 4.79 Å². The third kappa shape index (κ3) is 2.71. The van der Waals surface area contributed by atoms with Crippen LogP contribution in [0.4, 0.5) is 0 Å². The van der Waals surface area contributed by atoms with E-state index in [0.717, 1.165) is 35.2 Å². The first-order chi connectivity index (χ1) is 10.0. The van der Waals surface area contributed by atoms with E-state index in [1.54, 1.807) is 0 Å². The first kappa shape index (κ1) is 13.9. The largest absolute Gasteiger partial charge is 0.346 e. The van der Waals surface area contributed by atoms with E-state index < -0.39 is 0 Å². The number of carbonyl (C=O) groups excluding carboxylic acids is 1. The maximum atomic E-state index is 12.3. The molecular formula is C17H21N3O. The predicted molar refractivity (Wildman–Crippen MR) is 82.3 cm³/mol. The number of hydrogen-bond acceptors (Lipinski definition) is 2. The number of benzene rings is 1. The summed E-state index contributed by atoms with van der Waals surface area (Å²) in [6.07, 6.45) is 3.32. The van der Waals surface area contributed by atoms with Crippen LogP contribution in [0.3, 0.4) is 0 Å². The van der Waals surface area contributed by atoms with E-state index in [1.807, 2.05) is 37.7 Å². The lowest BCUT2D eigenvalue weighted by Crippen LogP contribution is -2.24. The summed E-state index contributed by atoms with van der Waals surface area (Å²) in [6, 6.07) is 5.93. The predicted octanol–water partition coefficient (Wildman–Crippen LogP) is 2.46. The second-order valence-corrected chi connectivity index (χ2v) is 5.91.